The lowest BCUT2D eigenvalue weighted by Gasteiger charge is -2.15. The van der Waals surface area contributed by atoms with E-state index < -0.39 is 0 Å². The second kappa shape index (κ2) is 8.55. The van der Waals surface area contributed by atoms with Crippen molar-refractivity contribution in [1.82, 2.24) is 15.5 Å². The lowest BCUT2D eigenvalue weighted by Crippen LogP contribution is -2.29. The average molecular weight is 368 g/mol. The Labute approximate surface area is 158 Å². The molecule has 1 aromatic rings. The number of nitrogens with one attached hydrogen (secondary N) is 3. The fourth-order valence-electron chi connectivity index (χ4n) is 2.73. The molecule has 0 aliphatic carbocycles. The third-order valence-corrected chi connectivity index (χ3v) is 4.12. The standard InChI is InChI=1S/C20H24N4O3/c1-14(2)27-10-9-22-19(25)15-3-5-18(6-4-15)23-20(26)24-12-16-7-8-21-11-17(16)13-24/h3-8,11-12,14,21H,9-10,13H2,1-2H3,(H,22,25)(H,23,26). The molecule has 3 rings (SSSR count). The third-order valence-electron chi connectivity index (χ3n) is 4.12. The number of nitrogens with zero attached hydrogens (tertiary/aromatic N) is 1. The van der Waals surface area contributed by atoms with Gasteiger partial charge in [-0.15, -0.1) is 0 Å². The highest BCUT2D eigenvalue weighted by Crippen LogP contribution is 2.24. The van der Waals surface area contributed by atoms with Crippen molar-refractivity contribution in [1.29, 1.82) is 0 Å². The lowest BCUT2D eigenvalue weighted by atomic mass is 10.1. The van der Waals surface area contributed by atoms with Crippen molar-refractivity contribution in [3.63, 3.8) is 0 Å². The second-order valence-corrected chi connectivity index (χ2v) is 6.56. The van der Waals surface area contributed by atoms with Crippen LogP contribution in [0.15, 0.2) is 60.1 Å². The summed E-state index contributed by atoms with van der Waals surface area (Å²) in [6.45, 7) is 5.36. The number of urea groups is 1. The number of hydrogen-bond donors (Lipinski definition) is 3. The van der Waals surface area contributed by atoms with E-state index in [0.717, 1.165) is 11.1 Å². The number of fused-ring (bicyclic) bond motifs is 1. The summed E-state index contributed by atoms with van der Waals surface area (Å²) >= 11 is 0. The number of dihydropyridines is 1. The van der Waals surface area contributed by atoms with Gasteiger partial charge in [-0.1, -0.05) is 0 Å². The maximum atomic E-state index is 12.4. The Hall–Kier alpha value is -3.06. The molecule has 7 heteroatoms. The summed E-state index contributed by atoms with van der Waals surface area (Å²) in [5, 5.41) is 8.66. The van der Waals surface area contributed by atoms with E-state index >= 15 is 0 Å². The van der Waals surface area contributed by atoms with Crippen LogP contribution in [0.2, 0.25) is 0 Å². The molecule has 0 radical (unpaired) electrons. The van der Waals surface area contributed by atoms with Crippen LogP contribution in [0.4, 0.5) is 10.5 Å². The van der Waals surface area contributed by atoms with Gasteiger partial charge in [-0.05, 0) is 55.3 Å². The van der Waals surface area contributed by atoms with E-state index in [2.05, 4.69) is 16.0 Å². The van der Waals surface area contributed by atoms with Crippen LogP contribution in [0.3, 0.4) is 0 Å². The Balaban J connectivity index is 1.50. The van der Waals surface area contributed by atoms with Crippen LogP contribution in [-0.2, 0) is 4.74 Å². The largest absolute Gasteiger partial charge is 0.377 e. The smallest absolute Gasteiger partial charge is 0.326 e. The molecule has 0 atom stereocenters. The van der Waals surface area contributed by atoms with Gasteiger partial charge >= 0.3 is 6.03 Å². The second-order valence-electron chi connectivity index (χ2n) is 6.56. The van der Waals surface area contributed by atoms with E-state index in [4.69, 9.17) is 4.74 Å². The lowest BCUT2D eigenvalue weighted by molar-refractivity contribution is 0.0746. The molecule has 2 aliphatic heterocycles. The maximum absolute atomic E-state index is 12.4. The van der Waals surface area contributed by atoms with Gasteiger partial charge in [0.25, 0.3) is 5.91 Å². The first-order chi connectivity index (χ1) is 13.0. The van der Waals surface area contributed by atoms with E-state index in [0.29, 0.717) is 30.9 Å². The quantitative estimate of drug-likeness (QED) is 0.674. The number of benzene rings is 1. The number of anilines is 1. The fourth-order valence-corrected chi connectivity index (χ4v) is 2.73. The molecule has 2 heterocycles. The van der Waals surface area contributed by atoms with Crippen LogP contribution in [0.25, 0.3) is 0 Å². The van der Waals surface area contributed by atoms with Gasteiger partial charge < -0.3 is 20.7 Å². The number of amides is 3. The van der Waals surface area contributed by atoms with Crippen molar-refractivity contribution in [3.8, 4) is 0 Å². The molecule has 1 aromatic carbocycles. The molecule has 27 heavy (non-hydrogen) atoms. The van der Waals surface area contributed by atoms with Crippen molar-refractivity contribution in [3.05, 3.63) is 65.7 Å². The topological polar surface area (TPSA) is 82.7 Å². The minimum atomic E-state index is -0.214. The highest BCUT2D eigenvalue weighted by atomic mass is 16.5. The SMILES string of the molecule is CC(C)OCCNC(=O)c1ccc(NC(=O)N2C=C3C=CNC=C3C2)cc1. The molecule has 0 saturated heterocycles. The minimum Gasteiger partial charge on any atom is -0.377 e. The number of carbonyl (C=O) groups is 2. The molecule has 0 fully saturated rings. The zero-order chi connectivity index (χ0) is 19.2. The molecule has 142 valence electrons. The van der Waals surface area contributed by atoms with Crippen molar-refractivity contribution in [2.45, 2.75) is 20.0 Å². The van der Waals surface area contributed by atoms with Crippen LogP contribution in [0, 0.1) is 0 Å². The van der Waals surface area contributed by atoms with Crippen LogP contribution in [0.1, 0.15) is 24.2 Å². The molecule has 0 spiro atoms. The number of carbonyl (C=O) groups excluding carboxylic acids is 2. The molecule has 2 aliphatic rings. The predicted octanol–water partition coefficient (Wildman–Crippen LogP) is 2.57. The molecule has 3 amide bonds. The summed E-state index contributed by atoms with van der Waals surface area (Å²) in [5.41, 5.74) is 3.27. The molecule has 3 N–H and O–H groups in total. The predicted molar refractivity (Wildman–Crippen MR) is 104 cm³/mol. The number of rotatable bonds is 6. The third kappa shape index (κ3) is 4.98. The van der Waals surface area contributed by atoms with Gasteiger partial charge in [-0.2, -0.15) is 0 Å². The van der Waals surface area contributed by atoms with E-state index in [-0.39, 0.29) is 18.0 Å². The molecule has 0 bridgehead atoms. The van der Waals surface area contributed by atoms with E-state index in [1.165, 1.54) is 0 Å². The summed E-state index contributed by atoms with van der Waals surface area (Å²) in [4.78, 5) is 26.1. The number of allylic oxidation sites excluding steroid dienone is 1. The monoisotopic (exact) mass is 368 g/mol. The van der Waals surface area contributed by atoms with Gasteiger partial charge in [0.2, 0.25) is 0 Å². The molecule has 0 saturated carbocycles. The first-order valence-electron chi connectivity index (χ1n) is 8.94. The Kier molecular flexibility index (Phi) is 5.93. The van der Waals surface area contributed by atoms with Crippen molar-refractivity contribution in [2.24, 2.45) is 0 Å². The Morgan fingerprint density at radius 1 is 1.26 bits per heavy atom. The van der Waals surface area contributed by atoms with Crippen LogP contribution in [-0.4, -0.2) is 42.6 Å². The molecule has 0 aromatic heterocycles. The van der Waals surface area contributed by atoms with Gasteiger partial charge in [-0.3, -0.25) is 9.69 Å². The van der Waals surface area contributed by atoms with E-state index in [1.807, 2.05) is 38.5 Å². The van der Waals surface area contributed by atoms with E-state index in [9.17, 15) is 9.59 Å². The van der Waals surface area contributed by atoms with Crippen molar-refractivity contribution < 1.29 is 14.3 Å². The Morgan fingerprint density at radius 2 is 2.04 bits per heavy atom. The van der Waals surface area contributed by atoms with Gasteiger partial charge in [0.15, 0.2) is 0 Å². The molecule has 7 nitrogen and oxygen atoms in total. The van der Waals surface area contributed by atoms with E-state index in [1.54, 1.807) is 29.2 Å². The first kappa shape index (κ1) is 18.7. The van der Waals surface area contributed by atoms with Crippen molar-refractivity contribution in [2.75, 3.05) is 25.0 Å². The number of ether oxygens (including phenoxy) is 1. The maximum Gasteiger partial charge on any atom is 0.326 e. The summed E-state index contributed by atoms with van der Waals surface area (Å²) in [7, 11) is 0. The van der Waals surface area contributed by atoms with Crippen LogP contribution < -0.4 is 16.0 Å². The summed E-state index contributed by atoms with van der Waals surface area (Å²) in [6.07, 6.45) is 7.61. The minimum absolute atomic E-state index is 0.142. The Morgan fingerprint density at radius 3 is 2.74 bits per heavy atom. The summed E-state index contributed by atoms with van der Waals surface area (Å²) < 4.78 is 5.39. The van der Waals surface area contributed by atoms with Crippen LogP contribution in [0.5, 0.6) is 0 Å². The first-order valence-corrected chi connectivity index (χ1v) is 8.94. The summed E-state index contributed by atoms with van der Waals surface area (Å²) in [6, 6.07) is 6.59. The van der Waals surface area contributed by atoms with Gasteiger partial charge in [0.05, 0.1) is 19.3 Å². The highest BCUT2D eigenvalue weighted by Gasteiger charge is 2.22. The van der Waals surface area contributed by atoms with Gasteiger partial charge in [-0.25, -0.2) is 4.79 Å². The molecule has 0 unspecified atom stereocenters. The van der Waals surface area contributed by atoms with Gasteiger partial charge in [0, 0.05) is 36.4 Å². The van der Waals surface area contributed by atoms with Gasteiger partial charge in [0.1, 0.15) is 0 Å². The molecular formula is C20H24N4O3. The zero-order valence-electron chi connectivity index (χ0n) is 15.5. The molecular weight excluding hydrogens is 344 g/mol. The summed E-state index contributed by atoms with van der Waals surface area (Å²) in [5.74, 6) is -0.167. The zero-order valence-corrected chi connectivity index (χ0v) is 15.5. The normalized spacial score (nSPS) is 15.0. The average Bonchev–Trinajstić information content (AvgIpc) is 3.10. The Bertz CT molecular complexity index is 794. The highest BCUT2D eigenvalue weighted by molar-refractivity contribution is 5.95. The fraction of sp³-hybridized carbons (Fsp3) is 0.300. The number of hydrogen-bond acceptors (Lipinski definition) is 4. The van der Waals surface area contributed by atoms with Crippen molar-refractivity contribution >= 4 is 17.6 Å². The van der Waals surface area contributed by atoms with Crippen LogP contribution >= 0.6 is 0 Å².